The third kappa shape index (κ3) is 3.55. The first-order valence-electron chi connectivity index (χ1n) is 8.20. The Bertz CT molecular complexity index is 909. The van der Waals surface area contributed by atoms with Crippen LogP contribution < -0.4 is 5.73 Å². The number of likely N-dealkylation sites (N-methyl/N-ethyl adjacent to an activating group) is 1. The number of pyridine rings is 1. The zero-order valence-corrected chi connectivity index (χ0v) is 14.7. The Hall–Kier alpha value is -3.08. The van der Waals surface area contributed by atoms with E-state index in [0.29, 0.717) is 5.82 Å². The molecule has 2 heterocycles. The lowest BCUT2D eigenvalue weighted by molar-refractivity contribution is -0.126. The molecule has 0 aliphatic rings. The number of hydrogen-bond donors (Lipinski definition) is 2. The van der Waals surface area contributed by atoms with Gasteiger partial charge in [-0.25, -0.2) is 4.98 Å². The SMILES string of the molecule is Cc1cc(N)ncc1C=CC(=O)N(C)C(C)c1cc2ccccc2[nH]1. The molecule has 0 saturated heterocycles. The van der Waals surface area contributed by atoms with Gasteiger partial charge in [-0.15, -0.1) is 0 Å². The minimum Gasteiger partial charge on any atom is -0.384 e. The van der Waals surface area contributed by atoms with Gasteiger partial charge in [0.1, 0.15) is 5.82 Å². The summed E-state index contributed by atoms with van der Waals surface area (Å²) in [6.07, 6.45) is 5.02. The molecule has 5 heteroatoms. The molecule has 0 aliphatic carbocycles. The molecule has 1 aromatic carbocycles. The molecule has 3 rings (SSSR count). The van der Waals surface area contributed by atoms with Crippen LogP contribution in [0.5, 0.6) is 0 Å². The van der Waals surface area contributed by atoms with Crippen molar-refractivity contribution >= 4 is 28.7 Å². The van der Waals surface area contributed by atoms with Crippen LogP contribution in [-0.2, 0) is 4.79 Å². The molecule has 0 spiro atoms. The minimum atomic E-state index is -0.0672. The number of aromatic amines is 1. The monoisotopic (exact) mass is 334 g/mol. The summed E-state index contributed by atoms with van der Waals surface area (Å²) in [6.45, 7) is 3.95. The van der Waals surface area contributed by atoms with Crippen LogP contribution in [0.3, 0.4) is 0 Å². The topological polar surface area (TPSA) is 75.0 Å². The lowest BCUT2D eigenvalue weighted by atomic mass is 10.1. The fourth-order valence-corrected chi connectivity index (χ4v) is 2.76. The number of carbonyl (C=O) groups is 1. The lowest BCUT2D eigenvalue weighted by Gasteiger charge is -2.22. The summed E-state index contributed by atoms with van der Waals surface area (Å²) in [6, 6.07) is 11.9. The molecule has 0 bridgehead atoms. The van der Waals surface area contributed by atoms with Gasteiger partial charge in [0.15, 0.2) is 0 Å². The largest absolute Gasteiger partial charge is 0.384 e. The molecule has 3 aromatic rings. The highest BCUT2D eigenvalue weighted by atomic mass is 16.2. The lowest BCUT2D eigenvalue weighted by Crippen LogP contribution is -2.28. The highest BCUT2D eigenvalue weighted by Crippen LogP contribution is 2.23. The van der Waals surface area contributed by atoms with E-state index in [1.165, 1.54) is 0 Å². The summed E-state index contributed by atoms with van der Waals surface area (Å²) < 4.78 is 0. The van der Waals surface area contributed by atoms with Gasteiger partial charge in [0, 0.05) is 30.5 Å². The summed E-state index contributed by atoms with van der Waals surface area (Å²) in [5.74, 6) is 0.410. The number of carbonyl (C=O) groups excluding carboxylic acids is 1. The molecule has 1 unspecified atom stereocenters. The predicted octanol–water partition coefficient (Wildman–Crippen LogP) is 3.69. The first kappa shape index (κ1) is 16.8. The molecular weight excluding hydrogens is 312 g/mol. The Balaban J connectivity index is 1.75. The fourth-order valence-electron chi connectivity index (χ4n) is 2.76. The number of H-pyrrole nitrogens is 1. The van der Waals surface area contributed by atoms with E-state index in [1.807, 2.05) is 32.0 Å². The van der Waals surface area contributed by atoms with Crippen LogP contribution >= 0.6 is 0 Å². The van der Waals surface area contributed by atoms with Crippen LogP contribution in [0.4, 0.5) is 5.82 Å². The molecule has 5 nitrogen and oxygen atoms in total. The summed E-state index contributed by atoms with van der Waals surface area (Å²) in [5, 5.41) is 1.14. The van der Waals surface area contributed by atoms with E-state index in [2.05, 4.69) is 22.1 Å². The Morgan fingerprint density at radius 1 is 1.32 bits per heavy atom. The van der Waals surface area contributed by atoms with Gasteiger partial charge in [-0.1, -0.05) is 18.2 Å². The number of nitrogens with one attached hydrogen (secondary N) is 1. The van der Waals surface area contributed by atoms with Crippen molar-refractivity contribution in [3.8, 4) is 0 Å². The zero-order valence-electron chi connectivity index (χ0n) is 14.7. The van der Waals surface area contributed by atoms with Crippen molar-refractivity contribution in [3.63, 3.8) is 0 Å². The van der Waals surface area contributed by atoms with Crippen molar-refractivity contribution in [1.29, 1.82) is 0 Å². The number of rotatable bonds is 4. The van der Waals surface area contributed by atoms with Crippen LogP contribution in [0, 0.1) is 6.92 Å². The Morgan fingerprint density at radius 2 is 2.08 bits per heavy atom. The van der Waals surface area contributed by atoms with Crippen LogP contribution in [0.1, 0.15) is 29.8 Å². The highest BCUT2D eigenvalue weighted by molar-refractivity contribution is 5.92. The normalized spacial score (nSPS) is 12.6. The molecule has 3 N–H and O–H groups in total. The van der Waals surface area contributed by atoms with Gasteiger partial charge in [0.05, 0.1) is 6.04 Å². The van der Waals surface area contributed by atoms with Crippen molar-refractivity contribution in [1.82, 2.24) is 14.9 Å². The van der Waals surface area contributed by atoms with Gasteiger partial charge in [-0.05, 0) is 54.6 Å². The van der Waals surface area contributed by atoms with Crippen LogP contribution in [0.15, 0.2) is 48.7 Å². The molecule has 2 aromatic heterocycles. The second-order valence-corrected chi connectivity index (χ2v) is 6.24. The Kier molecular flexibility index (Phi) is 4.57. The zero-order chi connectivity index (χ0) is 18.0. The van der Waals surface area contributed by atoms with Crippen molar-refractivity contribution < 1.29 is 4.79 Å². The maximum absolute atomic E-state index is 12.5. The number of para-hydroxylation sites is 1. The quantitative estimate of drug-likeness (QED) is 0.715. The average Bonchev–Trinajstić information content (AvgIpc) is 3.03. The number of anilines is 1. The van der Waals surface area contributed by atoms with E-state index in [-0.39, 0.29) is 11.9 Å². The molecule has 1 amide bonds. The number of benzene rings is 1. The van der Waals surface area contributed by atoms with Gasteiger partial charge in [0.2, 0.25) is 5.91 Å². The Morgan fingerprint density at radius 3 is 2.80 bits per heavy atom. The number of amides is 1. The van der Waals surface area contributed by atoms with E-state index < -0.39 is 0 Å². The number of nitrogen functional groups attached to an aromatic ring is 1. The van der Waals surface area contributed by atoms with Gasteiger partial charge >= 0.3 is 0 Å². The average molecular weight is 334 g/mol. The molecule has 0 fully saturated rings. The molecule has 128 valence electrons. The number of hydrogen-bond acceptors (Lipinski definition) is 3. The van der Waals surface area contributed by atoms with Crippen LogP contribution in [-0.4, -0.2) is 27.8 Å². The van der Waals surface area contributed by atoms with Crippen LogP contribution in [0.25, 0.3) is 17.0 Å². The molecular formula is C20H22N4O. The number of nitrogens with two attached hydrogens (primary N) is 1. The summed E-state index contributed by atoms with van der Waals surface area (Å²) in [7, 11) is 1.80. The van der Waals surface area contributed by atoms with Gasteiger partial charge in [-0.2, -0.15) is 0 Å². The Labute approximate surface area is 147 Å². The maximum Gasteiger partial charge on any atom is 0.246 e. The van der Waals surface area contributed by atoms with E-state index >= 15 is 0 Å². The first-order chi connectivity index (χ1) is 12.0. The van der Waals surface area contributed by atoms with Gasteiger partial charge in [-0.3, -0.25) is 4.79 Å². The molecule has 1 atom stereocenters. The predicted molar refractivity (Wildman–Crippen MR) is 102 cm³/mol. The smallest absolute Gasteiger partial charge is 0.246 e. The maximum atomic E-state index is 12.5. The standard InChI is InChI=1S/C20H22N4O/c1-13-10-19(21)22-12-16(13)8-9-20(25)24(3)14(2)18-11-15-6-4-5-7-17(15)23-18/h4-12,14,23H,1-3H3,(H2,21,22). The number of nitrogens with zero attached hydrogens (tertiary/aromatic N) is 2. The van der Waals surface area contributed by atoms with E-state index in [1.54, 1.807) is 36.4 Å². The van der Waals surface area contributed by atoms with E-state index in [4.69, 9.17) is 5.73 Å². The fraction of sp³-hybridized carbons (Fsp3) is 0.200. The second kappa shape index (κ2) is 6.81. The summed E-state index contributed by atoms with van der Waals surface area (Å²) in [5.41, 5.74) is 9.61. The second-order valence-electron chi connectivity index (χ2n) is 6.24. The van der Waals surface area contributed by atoms with Gasteiger partial charge < -0.3 is 15.6 Å². The third-order valence-electron chi connectivity index (χ3n) is 4.51. The van der Waals surface area contributed by atoms with Crippen molar-refractivity contribution in [2.24, 2.45) is 0 Å². The summed E-state index contributed by atoms with van der Waals surface area (Å²) >= 11 is 0. The third-order valence-corrected chi connectivity index (χ3v) is 4.51. The van der Waals surface area contributed by atoms with Crippen LogP contribution in [0.2, 0.25) is 0 Å². The first-order valence-corrected chi connectivity index (χ1v) is 8.20. The van der Waals surface area contributed by atoms with Crippen molar-refractivity contribution in [2.45, 2.75) is 19.9 Å². The molecule has 0 aliphatic heterocycles. The summed E-state index contributed by atoms with van der Waals surface area (Å²) in [4.78, 5) is 21.7. The molecule has 0 saturated carbocycles. The van der Waals surface area contributed by atoms with E-state index in [9.17, 15) is 4.79 Å². The van der Waals surface area contributed by atoms with Gasteiger partial charge in [0.25, 0.3) is 0 Å². The number of fused-ring (bicyclic) bond motifs is 1. The molecule has 25 heavy (non-hydrogen) atoms. The van der Waals surface area contributed by atoms with E-state index in [0.717, 1.165) is 27.7 Å². The van der Waals surface area contributed by atoms with Crippen molar-refractivity contribution in [3.05, 3.63) is 65.5 Å². The minimum absolute atomic E-state index is 0.0600. The van der Waals surface area contributed by atoms with Crippen molar-refractivity contribution in [2.75, 3.05) is 12.8 Å². The highest BCUT2D eigenvalue weighted by Gasteiger charge is 2.17. The number of aryl methyl sites for hydroxylation is 1. The molecule has 0 radical (unpaired) electrons. The number of aromatic nitrogens is 2.